The fourth-order valence-electron chi connectivity index (χ4n) is 7.59. The van der Waals surface area contributed by atoms with Gasteiger partial charge in [0, 0.05) is 23.3 Å². The summed E-state index contributed by atoms with van der Waals surface area (Å²) in [6.45, 7) is -0.129. The number of ether oxygens (including phenoxy) is 2. The fraction of sp³-hybridized carbons (Fsp3) is 0.436. The lowest BCUT2D eigenvalue weighted by Gasteiger charge is -2.29. The summed E-state index contributed by atoms with van der Waals surface area (Å²) in [6.07, 6.45) is 6.08. The van der Waals surface area contributed by atoms with Crippen LogP contribution < -0.4 is 20.1 Å². The molecule has 17 heteroatoms. The molecular weight excluding hydrogens is 748 g/mol. The van der Waals surface area contributed by atoms with Gasteiger partial charge in [0.2, 0.25) is 27.4 Å². The molecule has 2 saturated carbocycles. The number of aromatic nitrogens is 2. The number of hydrogen-bond donors (Lipinski definition) is 3. The molecular formula is C39H41FN6O9S. The van der Waals surface area contributed by atoms with E-state index >= 15 is 0 Å². The quantitative estimate of drug-likeness (QED) is 0.226. The Balaban J connectivity index is 1.15. The normalized spacial score (nSPS) is 26.3. The van der Waals surface area contributed by atoms with Crippen LogP contribution in [0.5, 0.6) is 5.88 Å². The van der Waals surface area contributed by atoms with E-state index in [1.165, 1.54) is 30.2 Å². The number of furan rings is 1. The van der Waals surface area contributed by atoms with E-state index in [1.807, 2.05) is 30.4 Å². The van der Waals surface area contributed by atoms with Crippen LogP contribution in [-0.4, -0.2) is 89.7 Å². The zero-order valence-electron chi connectivity index (χ0n) is 30.5. The number of carbonyl (C=O) groups excluding carboxylic acids is 4. The van der Waals surface area contributed by atoms with Gasteiger partial charge in [0.05, 0.1) is 18.9 Å². The number of carbonyl (C=O) groups is 4. The van der Waals surface area contributed by atoms with E-state index in [4.69, 9.17) is 18.9 Å². The Morgan fingerprint density at radius 3 is 2.62 bits per heavy atom. The van der Waals surface area contributed by atoms with E-state index in [2.05, 4.69) is 20.3 Å². The number of rotatable bonds is 7. The number of nitrogens with one attached hydrogen (secondary N) is 3. The number of sulfonamides is 1. The molecule has 4 heterocycles. The summed E-state index contributed by atoms with van der Waals surface area (Å²) in [5.41, 5.74) is -0.128. The summed E-state index contributed by atoms with van der Waals surface area (Å²) in [4.78, 5) is 65.7. The number of amides is 4. The monoisotopic (exact) mass is 788 g/mol. The Labute approximate surface area is 321 Å². The lowest BCUT2D eigenvalue weighted by Crippen LogP contribution is -2.58. The first-order valence-electron chi connectivity index (χ1n) is 18.8. The molecule has 3 fully saturated rings. The van der Waals surface area contributed by atoms with E-state index in [9.17, 15) is 32.0 Å². The maximum atomic E-state index is 14.5. The first-order valence-corrected chi connectivity index (χ1v) is 20.3. The molecule has 0 radical (unpaired) electrons. The van der Waals surface area contributed by atoms with Crippen molar-refractivity contribution in [1.82, 2.24) is 30.2 Å². The molecule has 5 atom stereocenters. The van der Waals surface area contributed by atoms with Crippen LogP contribution in [0.3, 0.4) is 0 Å². The number of methoxy groups -OCH3 is 1. The average molecular weight is 789 g/mol. The Morgan fingerprint density at radius 2 is 1.86 bits per heavy atom. The Morgan fingerprint density at radius 1 is 1.05 bits per heavy atom. The van der Waals surface area contributed by atoms with Crippen molar-refractivity contribution in [2.24, 2.45) is 5.92 Å². The van der Waals surface area contributed by atoms with Crippen LogP contribution in [0.4, 0.5) is 9.18 Å². The number of nitrogens with zero attached hydrogens (tertiary/aromatic N) is 3. The van der Waals surface area contributed by atoms with E-state index in [0.29, 0.717) is 47.7 Å². The molecule has 1 saturated heterocycles. The van der Waals surface area contributed by atoms with Gasteiger partial charge in [-0.1, -0.05) is 55.3 Å². The number of alkyl carbamates (subject to hydrolysis) is 1. The molecule has 15 nitrogen and oxygen atoms in total. The number of allylic oxidation sites excluding steroid dienone is 1. The first-order chi connectivity index (χ1) is 27.0. The summed E-state index contributed by atoms with van der Waals surface area (Å²) in [6, 6.07) is 10.9. The number of benzene rings is 2. The lowest BCUT2D eigenvalue weighted by molar-refractivity contribution is -0.141. The van der Waals surface area contributed by atoms with Crippen LogP contribution in [0.25, 0.3) is 33.5 Å². The van der Waals surface area contributed by atoms with E-state index in [0.717, 1.165) is 12.8 Å². The molecule has 2 aliphatic heterocycles. The largest absolute Gasteiger partial charge is 0.470 e. The minimum absolute atomic E-state index is 0.00354. The van der Waals surface area contributed by atoms with Crippen LogP contribution in [-0.2, 0) is 29.1 Å². The first kappa shape index (κ1) is 37.3. The van der Waals surface area contributed by atoms with E-state index in [-0.39, 0.29) is 43.1 Å². The highest BCUT2D eigenvalue weighted by Crippen LogP contribution is 2.46. The zero-order valence-corrected chi connectivity index (χ0v) is 31.3. The van der Waals surface area contributed by atoms with Gasteiger partial charge in [-0.25, -0.2) is 22.6 Å². The van der Waals surface area contributed by atoms with Gasteiger partial charge in [0.25, 0.3) is 11.8 Å². The van der Waals surface area contributed by atoms with Gasteiger partial charge >= 0.3 is 6.09 Å². The summed E-state index contributed by atoms with van der Waals surface area (Å²) in [7, 11) is -2.74. The van der Waals surface area contributed by atoms with Crippen LogP contribution in [0, 0.1) is 11.7 Å². The highest BCUT2D eigenvalue weighted by molar-refractivity contribution is 7.91. The molecule has 8 rings (SSSR count). The number of hydrogen-bond acceptors (Lipinski definition) is 11. The van der Waals surface area contributed by atoms with Crippen molar-refractivity contribution in [2.45, 2.75) is 86.8 Å². The van der Waals surface area contributed by atoms with Crippen LogP contribution in [0.15, 0.2) is 65.1 Å². The van der Waals surface area contributed by atoms with Gasteiger partial charge in [-0.3, -0.25) is 19.1 Å². The van der Waals surface area contributed by atoms with Gasteiger partial charge in [-0.15, -0.1) is 0 Å². The predicted octanol–water partition coefficient (Wildman–Crippen LogP) is 4.26. The smallest absolute Gasteiger partial charge is 0.407 e. The SMILES string of the molecule is COC(=O)N[C@H]1CCCCC/C=C\[C@@H]2C[C@@]2(C(=O)NS(=O)(=O)C2CC2)NC(=O)[C@@H]2C[C@@H](Oc3nc(-c4ccccc4)nc4c3oc3ccc(F)cc34)CN2C1=O. The lowest BCUT2D eigenvalue weighted by atomic mass is 10.1. The van der Waals surface area contributed by atoms with Crippen molar-refractivity contribution in [3.63, 3.8) is 0 Å². The second-order valence-electron chi connectivity index (χ2n) is 14.8. The molecule has 0 unspecified atom stereocenters. The third kappa shape index (κ3) is 7.39. The molecule has 3 N–H and O–H groups in total. The standard InChI is InChI=1S/C39H41FN6O9S/c1-53-38(50)41-28-13-9-4-2-3-8-12-23-20-39(23,37(49)45-56(51,52)26-15-16-26)44-34(47)29-19-25(21-46(29)36(28)48)54-35-32-31(27-18-24(40)14-17-30(27)55-32)42-33(43-35)22-10-6-5-7-11-22/h5-8,10-12,14,17-18,23,25-26,28-29H,2-4,9,13,15-16,19-21H2,1H3,(H,41,50)(H,44,47)(H,45,49)/b12-8-/t23-,25-,28+,29+,39-/m1/s1. The van der Waals surface area contributed by atoms with Crippen LogP contribution in [0.2, 0.25) is 0 Å². The second kappa shape index (κ2) is 14.8. The minimum atomic E-state index is -3.93. The summed E-state index contributed by atoms with van der Waals surface area (Å²) >= 11 is 0. The molecule has 2 aromatic heterocycles. The molecule has 0 spiro atoms. The molecule has 294 valence electrons. The Kier molecular flexibility index (Phi) is 9.88. The highest BCUT2D eigenvalue weighted by atomic mass is 32.2. The van der Waals surface area contributed by atoms with Crippen LogP contribution in [0.1, 0.15) is 57.8 Å². The molecule has 4 aliphatic rings. The molecule has 2 aromatic carbocycles. The average Bonchev–Trinajstić information content (AvgIpc) is 4.09. The number of halogens is 1. The van der Waals surface area contributed by atoms with Crippen molar-refractivity contribution in [1.29, 1.82) is 0 Å². The van der Waals surface area contributed by atoms with Gasteiger partial charge in [-0.2, -0.15) is 4.98 Å². The van der Waals surface area contributed by atoms with Crippen molar-refractivity contribution >= 4 is 55.9 Å². The second-order valence-corrected chi connectivity index (χ2v) is 16.8. The topological polar surface area (TPSA) is 199 Å². The molecule has 0 bridgehead atoms. The molecule has 2 aliphatic carbocycles. The summed E-state index contributed by atoms with van der Waals surface area (Å²) < 4.78 is 59.8. The zero-order chi connectivity index (χ0) is 39.2. The Hall–Kier alpha value is -5.58. The van der Waals surface area contributed by atoms with E-state index in [1.54, 1.807) is 12.1 Å². The third-order valence-electron chi connectivity index (χ3n) is 10.9. The molecule has 56 heavy (non-hydrogen) atoms. The third-order valence-corrected chi connectivity index (χ3v) is 12.7. The maximum Gasteiger partial charge on any atom is 0.407 e. The van der Waals surface area contributed by atoms with Crippen LogP contribution >= 0.6 is 0 Å². The minimum Gasteiger partial charge on any atom is -0.470 e. The number of fused-ring (bicyclic) bond motifs is 5. The van der Waals surface area contributed by atoms with Crippen molar-refractivity contribution < 1.29 is 45.9 Å². The van der Waals surface area contributed by atoms with Gasteiger partial charge in [0.1, 0.15) is 40.6 Å². The molecule has 4 aromatic rings. The Bertz CT molecular complexity index is 2350. The van der Waals surface area contributed by atoms with Crippen molar-refractivity contribution in [3.05, 3.63) is 66.5 Å². The summed E-state index contributed by atoms with van der Waals surface area (Å²) in [5.74, 6) is -2.77. The van der Waals surface area contributed by atoms with E-state index < -0.39 is 74.5 Å². The van der Waals surface area contributed by atoms with Gasteiger partial charge in [0.15, 0.2) is 5.82 Å². The maximum absolute atomic E-state index is 14.5. The summed E-state index contributed by atoms with van der Waals surface area (Å²) in [5, 5.41) is 5.20. The molecule has 4 amide bonds. The highest BCUT2D eigenvalue weighted by Gasteiger charge is 2.62. The van der Waals surface area contributed by atoms with Crippen molar-refractivity contribution in [2.75, 3.05) is 13.7 Å². The van der Waals surface area contributed by atoms with Gasteiger partial charge in [-0.05, 0) is 56.7 Å². The predicted molar refractivity (Wildman–Crippen MR) is 200 cm³/mol. The van der Waals surface area contributed by atoms with Gasteiger partial charge < -0.3 is 29.4 Å². The van der Waals surface area contributed by atoms with Crippen molar-refractivity contribution in [3.8, 4) is 17.3 Å². The fourth-order valence-corrected chi connectivity index (χ4v) is 8.96.